The molecule has 1 aromatic rings. The van der Waals surface area contributed by atoms with E-state index in [2.05, 4.69) is 5.32 Å². The fraction of sp³-hybridized carbons (Fsp3) is 0.571. The minimum Gasteiger partial charge on any atom is -0.394 e. The van der Waals surface area contributed by atoms with E-state index in [-0.39, 0.29) is 25.1 Å². The van der Waals surface area contributed by atoms with Crippen LogP contribution in [-0.4, -0.2) is 29.0 Å². The fourth-order valence-electron chi connectivity index (χ4n) is 2.09. The van der Waals surface area contributed by atoms with Crippen LogP contribution in [0, 0.1) is 11.7 Å². The smallest absolute Gasteiger partial charge is 0.123 e. The highest BCUT2D eigenvalue weighted by Gasteiger charge is 2.36. The Kier molecular flexibility index (Phi) is 4.00. The van der Waals surface area contributed by atoms with Gasteiger partial charge in [-0.3, -0.25) is 0 Å². The van der Waals surface area contributed by atoms with Gasteiger partial charge in [0.15, 0.2) is 0 Å². The average molecular weight is 253 g/mol. The van der Waals surface area contributed by atoms with Crippen LogP contribution in [0.2, 0.25) is 0 Å². The van der Waals surface area contributed by atoms with Crippen molar-refractivity contribution >= 4 is 0 Å². The molecule has 1 atom stereocenters. The molecule has 0 spiro atoms. The second kappa shape index (κ2) is 5.34. The Labute approximate surface area is 107 Å². The van der Waals surface area contributed by atoms with Crippen LogP contribution in [0.25, 0.3) is 0 Å². The standard InChI is InChI=1S/C14H20FNO2/c1-14(8-17,9-18)16-13(10-2-3-10)11-4-6-12(15)7-5-11/h4-7,10,13,16-18H,2-3,8-9H2,1H3. The van der Waals surface area contributed by atoms with Crippen LogP contribution < -0.4 is 5.32 Å². The van der Waals surface area contributed by atoms with E-state index in [1.54, 1.807) is 19.1 Å². The molecule has 18 heavy (non-hydrogen) atoms. The molecule has 4 heteroatoms. The lowest BCUT2D eigenvalue weighted by atomic mass is 9.96. The van der Waals surface area contributed by atoms with Crippen LogP contribution >= 0.6 is 0 Å². The molecule has 1 unspecified atom stereocenters. The van der Waals surface area contributed by atoms with Crippen molar-refractivity contribution in [3.8, 4) is 0 Å². The maximum absolute atomic E-state index is 12.9. The van der Waals surface area contributed by atoms with E-state index >= 15 is 0 Å². The van der Waals surface area contributed by atoms with Crippen molar-refractivity contribution in [3.05, 3.63) is 35.6 Å². The number of aliphatic hydroxyl groups is 2. The minimum absolute atomic E-state index is 0.0647. The van der Waals surface area contributed by atoms with E-state index in [0.29, 0.717) is 5.92 Å². The van der Waals surface area contributed by atoms with E-state index in [9.17, 15) is 14.6 Å². The molecule has 100 valence electrons. The molecule has 1 aromatic carbocycles. The van der Waals surface area contributed by atoms with Gasteiger partial charge < -0.3 is 15.5 Å². The predicted octanol–water partition coefficient (Wildman–Crippen LogP) is 1.61. The molecule has 0 amide bonds. The van der Waals surface area contributed by atoms with Crippen LogP contribution in [0.15, 0.2) is 24.3 Å². The van der Waals surface area contributed by atoms with Gasteiger partial charge in [0.1, 0.15) is 5.82 Å². The lowest BCUT2D eigenvalue weighted by molar-refractivity contribution is 0.0909. The summed E-state index contributed by atoms with van der Waals surface area (Å²) < 4.78 is 12.9. The van der Waals surface area contributed by atoms with Crippen LogP contribution in [0.3, 0.4) is 0 Å². The molecule has 1 aliphatic rings. The zero-order valence-electron chi connectivity index (χ0n) is 10.6. The third kappa shape index (κ3) is 3.07. The molecule has 1 saturated carbocycles. The summed E-state index contributed by atoms with van der Waals surface area (Å²) in [6.45, 7) is 1.52. The normalized spacial score (nSPS) is 17.8. The summed E-state index contributed by atoms with van der Waals surface area (Å²) in [4.78, 5) is 0. The molecule has 1 aliphatic carbocycles. The number of rotatable bonds is 6. The van der Waals surface area contributed by atoms with E-state index in [1.807, 2.05) is 0 Å². The first-order valence-corrected chi connectivity index (χ1v) is 6.33. The van der Waals surface area contributed by atoms with Crippen molar-refractivity contribution in [1.29, 1.82) is 0 Å². The molecule has 0 radical (unpaired) electrons. The van der Waals surface area contributed by atoms with Gasteiger partial charge in [0, 0.05) is 6.04 Å². The van der Waals surface area contributed by atoms with E-state index in [0.717, 1.165) is 18.4 Å². The van der Waals surface area contributed by atoms with Gasteiger partial charge in [0.25, 0.3) is 0 Å². The molecule has 0 aliphatic heterocycles. The van der Waals surface area contributed by atoms with Gasteiger partial charge in [-0.2, -0.15) is 0 Å². The number of hydrogen-bond acceptors (Lipinski definition) is 3. The number of halogens is 1. The summed E-state index contributed by atoms with van der Waals surface area (Å²) in [5, 5.41) is 22.0. The topological polar surface area (TPSA) is 52.5 Å². The molecule has 3 N–H and O–H groups in total. The Morgan fingerprint density at radius 1 is 1.28 bits per heavy atom. The molecule has 0 aromatic heterocycles. The van der Waals surface area contributed by atoms with Crippen molar-refractivity contribution in [2.24, 2.45) is 5.92 Å². The highest BCUT2D eigenvalue weighted by atomic mass is 19.1. The highest BCUT2D eigenvalue weighted by molar-refractivity contribution is 5.22. The van der Waals surface area contributed by atoms with Gasteiger partial charge in [-0.25, -0.2) is 4.39 Å². The predicted molar refractivity (Wildman–Crippen MR) is 67.6 cm³/mol. The number of benzene rings is 1. The zero-order valence-corrected chi connectivity index (χ0v) is 10.6. The second-order valence-corrected chi connectivity index (χ2v) is 5.39. The minimum atomic E-state index is -0.707. The molecule has 0 saturated heterocycles. The van der Waals surface area contributed by atoms with Crippen LogP contribution in [0.4, 0.5) is 4.39 Å². The Balaban J connectivity index is 2.16. The van der Waals surface area contributed by atoms with Gasteiger partial charge in [0.2, 0.25) is 0 Å². The number of aliphatic hydroxyl groups excluding tert-OH is 2. The summed E-state index contributed by atoms with van der Waals surface area (Å²) in [6, 6.07) is 6.49. The summed E-state index contributed by atoms with van der Waals surface area (Å²) >= 11 is 0. The summed E-state index contributed by atoms with van der Waals surface area (Å²) in [6.07, 6.45) is 2.25. The molecular formula is C14H20FNO2. The van der Waals surface area contributed by atoms with Crippen LogP contribution in [0.5, 0.6) is 0 Å². The second-order valence-electron chi connectivity index (χ2n) is 5.39. The Morgan fingerprint density at radius 3 is 2.28 bits per heavy atom. The van der Waals surface area contributed by atoms with E-state index in [4.69, 9.17) is 0 Å². The molecule has 0 bridgehead atoms. The summed E-state index contributed by atoms with van der Waals surface area (Å²) in [5.74, 6) is 0.258. The first kappa shape index (κ1) is 13.5. The van der Waals surface area contributed by atoms with Crippen molar-refractivity contribution in [1.82, 2.24) is 5.32 Å². The third-order valence-electron chi connectivity index (χ3n) is 3.52. The lowest BCUT2D eigenvalue weighted by Crippen LogP contribution is -2.51. The lowest BCUT2D eigenvalue weighted by Gasteiger charge is -2.32. The summed E-state index contributed by atoms with van der Waals surface area (Å²) in [7, 11) is 0. The van der Waals surface area contributed by atoms with Crippen molar-refractivity contribution < 1.29 is 14.6 Å². The maximum atomic E-state index is 12.9. The van der Waals surface area contributed by atoms with Gasteiger partial charge >= 0.3 is 0 Å². The molecule has 2 rings (SSSR count). The Morgan fingerprint density at radius 2 is 1.83 bits per heavy atom. The van der Waals surface area contributed by atoms with Gasteiger partial charge in [-0.15, -0.1) is 0 Å². The quantitative estimate of drug-likeness (QED) is 0.722. The molecule has 0 heterocycles. The van der Waals surface area contributed by atoms with E-state index in [1.165, 1.54) is 12.1 Å². The number of hydrogen-bond donors (Lipinski definition) is 3. The van der Waals surface area contributed by atoms with Gasteiger partial charge in [0.05, 0.1) is 18.8 Å². The largest absolute Gasteiger partial charge is 0.394 e. The molecule has 1 fully saturated rings. The van der Waals surface area contributed by atoms with Crippen molar-refractivity contribution in [2.75, 3.05) is 13.2 Å². The third-order valence-corrected chi connectivity index (χ3v) is 3.52. The summed E-state index contributed by atoms with van der Waals surface area (Å²) in [5.41, 5.74) is 0.300. The monoisotopic (exact) mass is 253 g/mol. The van der Waals surface area contributed by atoms with Gasteiger partial charge in [-0.05, 0) is 43.4 Å². The fourth-order valence-corrected chi connectivity index (χ4v) is 2.09. The van der Waals surface area contributed by atoms with E-state index < -0.39 is 5.54 Å². The SMILES string of the molecule is CC(CO)(CO)NC(c1ccc(F)cc1)C1CC1. The number of nitrogens with one attached hydrogen (secondary N) is 1. The maximum Gasteiger partial charge on any atom is 0.123 e. The first-order valence-electron chi connectivity index (χ1n) is 6.33. The molecule has 3 nitrogen and oxygen atoms in total. The van der Waals surface area contributed by atoms with Gasteiger partial charge in [-0.1, -0.05) is 12.1 Å². The highest BCUT2D eigenvalue weighted by Crippen LogP contribution is 2.41. The average Bonchev–Trinajstić information content (AvgIpc) is 3.21. The van der Waals surface area contributed by atoms with Crippen LogP contribution in [-0.2, 0) is 0 Å². The first-order chi connectivity index (χ1) is 8.58. The Hall–Kier alpha value is -0.970. The van der Waals surface area contributed by atoms with Crippen molar-refractivity contribution in [2.45, 2.75) is 31.3 Å². The zero-order chi connectivity index (χ0) is 13.2. The van der Waals surface area contributed by atoms with Crippen molar-refractivity contribution in [3.63, 3.8) is 0 Å². The van der Waals surface area contributed by atoms with Crippen LogP contribution in [0.1, 0.15) is 31.4 Å². The Bertz CT molecular complexity index is 385. The molecular weight excluding hydrogens is 233 g/mol.